The van der Waals surface area contributed by atoms with Gasteiger partial charge in [0.25, 0.3) is 0 Å². The van der Waals surface area contributed by atoms with Crippen LogP contribution < -0.4 is 87.0 Å². The van der Waals surface area contributed by atoms with E-state index < -0.39 is 89.6 Å². The molecule has 0 rings (SSSR count). The molecule has 0 bridgehead atoms. The average Bonchev–Trinajstić information content (AvgIpc) is 0.880. The van der Waals surface area contributed by atoms with Crippen LogP contribution in [0.15, 0.2) is 25.4 Å². The molecule has 139 heavy (non-hydrogen) atoms. The van der Waals surface area contributed by atoms with Gasteiger partial charge in [-0.25, -0.2) is 24.3 Å². The number of nitrogens with one attached hydrogen (secondary N) is 14. The maximum absolute atomic E-state index is 14.3. The lowest BCUT2D eigenvalue weighted by molar-refractivity contribution is -0.131. The van der Waals surface area contributed by atoms with Crippen LogP contribution in [0, 0.1) is 0 Å². The van der Waals surface area contributed by atoms with E-state index in [1.807, 2.05) is 0 Å². The minimum Gasteiger partial charge on any atom is -0.370 e. The number of aliphatic imine (C=N–C) groups is 1. The molecule has 0 saturated carbocycles. The largest absolute Gasteiger partial charge is 0.370 e. The van der Waals surface area contributed by atoms with Crippen LogP contribution in [-0.4, -0.2) is 187 Å². The molecule has 0 aliphatic carbocycles. The van der Waals surface area contributed by atoms with Gasteiger partial charge in [-0.2, -0.15) is 42.8 Å². The second-order valence-corrected chi connectivity index (χ2v) is 37.3. The molecule has 18 N–H and O–H groups in total. The standard InChI is InChI=1S/C104H201N21O14/c1-5-9-13-17-21-25-29-33-37-41-45-49-53-57-61-65-75-115-122-136-87-97(129)109-81-79-107-94(126)72-69-91(101(133)113-85-83-111-99(131)89-138-124-117-77-67-63-59-55-51-47-43-39-35-31-27-23-19-15-11-7-3)119-96(128)74-71-93(121-104(105)106)103(135)120-92(102(134)114-86-84-112-100(132)90-139-125-118-78-68-64-60-56-52-48-44-40-36-32-28-24-20-16-12-8-4)70-73-95(127)108-80-82-110-98(130)88-137-123-116-76-66-62-58-54-50-46-42-38-34-30-26-22-18-14-10-6-2/h75-78,91-93,122-125H,5-74,79-90H2,1-4H3,(H,107,126)(H,108,127)(H,109,129)(H,110,130)(H,111,131)(H,112,132)(H,113,133)(H,114,134)(H,119,128)(H,120,135)(H4,105,106,121)/b115-75+,116-76+,117-77+,118-78+/t91-,92-,93-/m0/s1. The van der Waals surface area contributed by atoms with E-state index in [4.69, 9.17) is 30.8 Å². The summed E-state index contributed by atoms with van der Waals surface area (Å²) in [6.07, 6.45) is 85.0. The summed E-state index contributed by atoms with van der Waals surface area (Å²) in [5.74, 6) is -6.68. The van der Waals surface area contributed by atoms with Gasteiger partial charge < -0.3 is 64.6 Å². The number of rotatable bonds is 107. The molecule has 0 aromatic rings. The number of carbonyl (C=O) groups excluding carboxylic acids is 10. The molecule has 0 radical (unpaired) electrons. The Morgan fingerprint density at radius 1 is 0.230 bits per heavy atom. The van der Waals surface area contributed by atoms with Gasteiger partial charge in [-0.15, -0.1) is 0 Å². The Morgan fingerprint density at radius 2 is 0.424 bits per heavy atom. The maximum Gasteiger partial charge on any atom is 0.248 e. The Bertz CT molecular complexity index is 3080. The number of hydrogen-bond donors (Lipinski definition) is 16. The van der Waals surface area contributed by atoms with Gasteiger partial charge in [0.2, 0.25) is 59.1 Å². The minimum absolute atomic E-state index is 0.00281. The lowest BCUT2D eigenvalue weighted by atomic mass is 10.0. The van der Waals surface area contributed by atoms with Crippen LogP contribution in [-0.2, 0) is 67.3 Å². The molecule has 35 nitrogen and oxygen atoms in total. The normalized spacial score (nSPS) is 12.1. The van der Waals surface area contributed by atoms with Gasteiger partial charge in [0.15, 0.2) is 32.4 Å². The highest BCUT2D eigenvalue weighted by atomic mass is 16.7. The number of nitrogens with two attached hydrogens (primary N) is 2. The van der Waals surface area contributed by atoms with E-state index in [0.29, 0.717) is 0 Å². The van der Waals surface area contributed by atoms with Crippen molar-refractivity contribution in [2.45, 2.75) is 495 Å². The van der Waals surface area contributed by atoms with Crippen LogP contribution in [0.1, 0.15) is 477 Å². The van der Waals surface area contributed by atoms with Gasteiger partial charge >= 0.3 is 0 Å². The number of nitrogens with zero attached hydrogens (tertiary/aromatic N) is 5. The molecule has 0 heterocycles. The summed E-state index contributed by atoms with van der Waals surface area (Å²) in [5.41, 5.74) is 21.4. The molecule has 806 valence electrons. The molecule has 0 aliphatic heterocycles. The van der Waals surface area contributed by atoms with Gasteiger partial charge in [0.05, 0.1) is 0 Å². The zero-order chi connectivity index (χ0) is 101. The predicted octanol–water partition coefficient (Wildman–Crippen LogP) is 16.9. The summed E-state index contributed by atoms with van der Waals surface area (Å²) in [6, 6.07) is -4.24. The summed E-state index contributed by atoms with van der Waals surface area (Å²) in [4.78, 5) is 158. The molecule has 0 saturated heterocycles. The lowest BCUT2D eigenvalue weighted by Crippen LogP contribution is -2.51. The van der Waals surface area contributed by atoms with Crippen LogP contribution >= 0.6 is 0 Å². The monoisotopic (exact) mass is 1970 g/mol. The van der Waals surface area contributed by atoms with E-state index in [-0.39, 0.29) is 111 Å². The van der Waals surface area contributed by atoms with Gasteiger partial charge in [-0.3, -0.25) is 47.9 Å². The van der Waals surface area contributed by atoms with Crippen LogP contribution in [0.3, 0.4) is 0 Å². The summed E-state index contributed by atoms with van der Waals surface area (Å²) < 4.78 is 0. The Balaban J connectivity index is 5.82. The number of hydrazone groups is 4. The fraction of sp³-hybridized carbons (Fsp3) is 0.856. The average molecular weight is 1970 g/mol. The van der Waals surface area contributed by atoms with Crippen LogP contribution in [0.4, 0.5) is 0 Å². The van der Waals surface area contributed by atoms with E-state index in [9.17, 15) is 47.9 Å². The predicted molar refractivity (Wildman–Crippen MR) is 564 cm³/mol. The van der Waals surface area contributed by atoms with Crippen molar-refractivity contribution in [3.63, 3.8) is 0 Å². The molecule has 0 fully saturated rings. The second-order valence-electron chi connectivity index (χ2n) is 37.3. The van der Waals surface area contributed by atoms with E-state index in [1.54, 1.807) is 24.9 Å². The molecule has 0 aromatic heterocycles. The van der Waals surface area contributed by atoms with Gasteiger partial charge in [-0.05, 0) is 70.6 Å². The Kier molecular flexibility index (Phi) is 99.2. The molecule has 3 atom stereocenters. The van der Waals surface area contributed by atoms with Crippen molar-refractivity contribution in [1.29, 1.82) is 0 Å². The molecule has 35 heteroatoms. The quantitative estimate of drug-likeness (QED) is 0.0116. The first kappa shape index (κ1) is 131. The van der Waals surface area contributed by atoms with Crippen molar-refractivity contribution >= 4 is 89.9 Å². The van der Waals surface area contributed by atoms with Crippen molar-refractivity contribution in [3.05, 3.63) is 0 Å². The van der Waals surface area contributed by atoms with Gasteiger partial charge in [0.1, 0.15) is 18.1 Å². The summed E-state index contributed by atoms with van der Waals surface area (Å²) in [5, 5.41) is 42.7. The highest BCUT2D eigenvalue weighted by Crippen LogP contribution is 2.20. The molecule has 0 spiro atoms. The number of guanidine groups is 1. The fourth-order valence-corrected chi connectivity index (χ4v) is 15.9. The summed E-state index contributed by atoms with van der Waals surface area (Å²) >= 11 is 0. The van der Waals surface area contributed by atoms with Crippen molar-refractivity contribution in [2.24, 2.45) is 36.9 Å². The number of amides is 10. The SMILES string of the molecule is CCCCCCCCCCCCCCCCC/C=N/NOCC(=O)NCCNC(=O)CC[C@H](NC(=O)CC[C@H](N=C(N)N)C(=O)N[C@@H](CCC(=O)NCCNC(=O)CON/N=C/CCCCCCCCCCCCCCCCC)C(=O)NCCNC(=O)CON/N=C/CCCCCCCCCCCCCCCCC)C(=O)NCCNC(=O)CON/N=C/CCCCCCCCCCCCCCCCC. The molecule has 0 aliphatic rings. The third-order valence-electron chi connectivity index (χ3n) is 24.3. The highest BCUT2D eigenvalue weighted by molar-refractivity contribution is 5.93. The first-order valence-electron chi connectivity index (χ1n) is 55.4. The van der Waals surface area contributed by atoms with Crippen molar-refractivity contribution in [1.82, 2.24) is 75.5 Å². The highest BCUT2D eigenvalue weighted by Gasteiger charge is 2.29. The van der Waals surface area contributed by atoms with Crippen molar-refractivity contribution in [2.75, 3.05) is 78.8 Å². The topological polar surface area (TPSA) is 490 Å². The molecule has 0 aromatic carbocycles. The van der Waals surface area contributed by atoms with E-state index in [1.165, 1.54) is 334 Å². The third kappa shape index (κ3) is 98.3. The number of unbranched alkanes of at least 4 members (excludes halogenated alkanes) is 60. The molecular weight excluding hydrogens is 1770 g/mol. The Hall–Kier alpha value is -8.31. The van der Waals surface area contributed by atoms with E-state index in [0.717, 1.165) is 77.0 Å². The van der Waals surface area contributed by atoms with E-state index in [2.05, 4.69) is 129 Å². The lowest BCUT2D eigenvalue weighted by Gasteiger charge is -2.22. The maximum atomic E-state index is 14.3. The van der Waals surface area contributed by atoms with Gasteiger partial charge in [-0.1, -0.05) is 387 Å². The van der Waals surface area contributed by atoms with Gasteiger partial charge in [0, 0.05) is 96.5 Å². The zero-order valence-electron chi connectivity index (χ0n) is 87.6. The summed E-state index contributed by atoms with van der Waals surface area (Å²) in [7, 11) is 0. The minimum atomic E-state index is -1.50. The fourth-order valence-electron chi connectivity index (χ4n) is 15.9. The smallest absolute Gasteiger partial charge is 0.248 e. The Morgan fingerprint density at radius 3 is 0.647 bits per heavy atom. The summed E-state index contributed by atoms with van der Waals surface area (Å²) in [6.45, 7) is 7.34. The van der Waals surface area contributed by atoms with E-state index >= 15 is 0 Å². The first-order chi connectivity index (χ1) is 68.1. The van der Waals surface area contributed by atoms with Crippen LogP contribution in [0.25, 0.3) is 0 Å². The van der Waals surface area contributed by atoms with Crippen LogP contribution in [0.5, 0.6) is 0 Å². The first-order valence-corrected chi connectivity index (χ1v) is 55.4. The van der Waals surface area contributed by atoms with Crippen molar-refractivity contribution < 1.29 is 67.3 Å². The van der Waals surface area contributed by atoms with Crippen LogP contribution in [0.2, 0.25) is 0 Å². The molecular formula is C104H201N21O14. The number of hydrogen-bond acceptors (Lipinski definition) is 23. The second kappa shape index (κ2) is 105. The van der Waals surface area contributed by atoms with Crippen molar-refractivity contribution in [3.8, 4) is 0 Å². The number of carbonyl (C=O) groups is 10. The molecule has 0 unspecified atom stereocenters. The zero-order valence-corrected chi connectivity index (χ0v) is 87.6. The molecule has 10 amide bonds. The Labute approximate surface area is 839 Å². The third-order valence-corrected chi connectivity index (χ3v) is 24.3.